The Hall–Kier alpha value is -2.89. The largest absolute Gasteiger partial charge is 0.465 e. The van der Waals surface area contributed by atoms with E-state index in [1.807, 2.05) is 30.4 Å². The van der Waals surface area contributed by atoms with E-state index in [0.717, 1.165) is 0 Å². The van der Waals surface area contributed by atoms with Crippen molar-refractivity contribution in [2.24, 2.45) is 5.92 Å². The topological polar surface area (TPSA) is 81.5 Å². The summed E-state index contributed by atoms with van der Waals surface area (Å²) in [5.74, 6) is -0.718. The second kappa shape index (κ2) is 6.93. The molecule has 3 rings (SSSR count). The van der Waals surface area contributed by atoms with Crippen LogP contribution in [0.1, 0.15) is 12.5 Å². The number of fused-ring (bicyclic) bond motifs is 1. The van der Waals surface area contributed by atoms with Gasteiger partial charge in [-0.2, -0.15) is 0 Å². The Morgan fingerprint density at radius 3 is 2.68 bits per heavy atom. The summed E-state index contributed by atoms with van der Waals surface area (Å²) in [6.45, 7) is 1.31. The number of carbonyl (C=O) groups excluding carboxylic acids is 1. The number of carbonyl (C=O) groups is 1. The minimum absolute atomic E-state index is 0.00994. The van der Waals surface area contributed by atoms with Gasteiger partial charge >= 0.3 is 5.97 Å². The Balaban J connectivity index is 2.16. The fraction of sp³-hybridized carbons (Fsp3) is 0.316. The van der Waals surface area contributed by atoms with Crippen molar-refractivity contribution in [1.82, 2.24) is 5.32 Å². The molecule has 1 aliphatic heterocycles. The number of nitrogens with zero attached hydrogens (tertiary/aromatic N) is 1. The van der Waals surface area contributed by atoms with Crippen LogP contribution in [0.5, 0.6) is 0 Å². The predicted octanol–water partition coefficient (Wildman–Crippen LogP) is 2.36. The summed E-state index contributed by atoms with van der Waals surface area (Å²) in [5.41, 5.74) is -0.218. The highest BCUT2D eigenvalue weighted by Crippen LogP contribution is 2.43. The van der Waals surface area contributed by atoms with Gasteiger partial charge in [0.05, 0.1) is 12.6 Å². The number of nitro groups is 1. The molecule has 1 aromatic carbocycles. The Labute approximate surface area is 146 Å². The van der Waals surface area contributed by atoms with Crippen molar-refractivity contribution in [2.45, 2.75) is 18.4 Å². The standard InChI is InChI=1S/C19H20N2O4/c1-2-25-18(22)19(13-21(23)24,14-8-4-3-5-9-14)16-12-20-17-11-7-6-10-15(16)17/h3-12,15,17,20H,2,13H2,1H3. The maximum atomic E-state index is 13.0. The van der Waals surface area contributed by atoms with Crippen LogP contribution in [0.3, 0.4) is 0 Å². The molecule has 0 bridgehead atoms. The third kappa shape index (κ3) is 2.95. The van der Waals surface area contributed by atoms with E-state index in [9.17, 15) is 14.9 Å². The molecular formula is C19H20N2O4. The first-order valence-electron chi connectivity index (χ1n) is 8.25. The van der Waals surface area contributed by atoms with Crippen LogP contribution in [0.25, 0.3) is 0 Å². The monoisotopic (exact) mass is 340 g/mol. The van der Waals surface area contributed by atoms with E-state index < -0.39 is 22.9 Å². The van der Waals surface area contributed by atoms with Crippen molar-refractivity contribution < 1.29 is 14.5 Å². The molecule has 1 heterocycles. The Morgan fingerprint density at radius 2 is 2.00 bits per heavy atom. The van der Waals surface area contributed by atoms with Gasteiger partial charge in [0, 0.05) is 10.8 Å². The second-order valence-electron chi connectivity index (χ2n) is 6.07. The summed E-state index contributed by atoms with van der Waals surface area (Å²) >= 11 is 0. The quantitative estimate of drug-likeness (QED) is 0.488. The number of hydrogen-bond acceptors (Lipinski definition) is 5. The van der Waals surface area contributed by atoms with Crippen molar-refractivity contribution in [1.29, 1.82) is 0 Å². The van der Waals surface area contributed by atoms with Crippen molar-refractivity contribution in [3.05, 3.63) is 82.1 Å². The van der Waals surface area contributed by atoms with Crippen molar-refractivity contribution in [3.8, 4) is 0 Å². The fourth-order valence-electron chi connectivity index (χ4n) is 3.57. The highest BCUT2D eigenvalue weighted by Gasteiger charge is 2.54. The van der Waals surface area contributed by atoms with Gasteiger partial charge in [-0.05, 0) is 24.3 Å². The van der Waals surface area contributed by atoms with Crippen LogP contribution in [-0.4, -0.2) is 30.1 Å². The molecule has 3 atom stereocenters. The van der Waals surface area contributed by atoms with E-state index in [1.165, 1.54) is 0 Å². The van der Waals surface area contributed by atoms with Crippen molar-refractivity contribution in [2.75, 3.05) is 13.2 Å². The minimum Gasteiger partial charge on any atom is -0.465 e. The van der Waals surface area contributed by atoms with Crippen molar-refractivity contribution in [3.63, 3.8) is 0 Å². The maximum absolute atomic E-state index is 13.0. The molecule has 6 heteroatoms. The van der Waals surface area contributed by atoms with Crippen LogP contribution in [0, 0.1) is 16.0 Å². The van der Waals surface area contributed by atoms with E-state index in [-0.39, 0.29) is 18.6 Å². The molecule has 0 saturated carbocycles. The highest BCUT2D eigenvalue weighted by atomic mass is 16.6. The summed E-state index contributed by atoms with van der Waals surface area (Å²) in [6, 6.07) is 8.86. The van der Waals surface area contributed by atoms with Gasteiger partial charge in [0.25, 0.3) is 0 Å². The van der Waals surface area contributed by atoms with Crippen LogP contribution in [0.2, 0.25) is 0 Å². The van der Waals surface area contributed by atoms with Gasteiger partial charge in [0.2, 0.25) is 6.54 Å². The number of allylic oxidation sites excluding steroid dienone is 2. The lowest BCUT2D eigenvalue weighted by Gasteiger charge is -2.33. The number of nitrogens with one attached hydrogen (secondary N) is 1. The van der Waals surface area contributed by atoms with Gasteiger partial charge in [-0.25, -0.2) is 0 Å². The predicted molar refractivity (Wildman–Crippen MR) is 93.4 cm³/mol. The number of ether oxygens (including phenoxy) is 1. The molecule has 1 N–H and O–H groups in total. The minimum atomic E-state index is -1.46. The summed E-state index contributed by atoms with van der Waals surface area (Å²) in [7, 11) is 0. The van der Waals surface area contributed by atoms with Gasteiger partial charge in [0.15, 0.2) is 5.41 Å². The molecule has 130 valence electrons. The molecule has 0 amide bonds. The van der Waals surface area contributed by atoms with Gasteiger partial charge in [-0.3, -0.25) is 14.9 Å². The molecule has 0 saturated heterocycles. The lowest BCUT2D eigenvalue weighted by molar-refractivity contribution is -0.487. The van der Waals surface area contributed by atoms with Crippen LogP contribution in [-0.2, 0) is 14.9 Å². The Kier molecular flexibility index (Phi) is 4.70. The van der Waals surface area contributed by atoms with Crippen LogP contribution in [0.4, 0.5) is 0 Å². The maximum Gasteiger partial charge on any atom is 0.327 e. The molecule has 0 fully saturated rings. The second-order valence-corrected chi connectivity index (χ2v) is 6.07. The molecule has 3 unspecified atom stereocenters. The molecule has 0 spiro atoms. The van der Waals surface area contributed by atoms with Crippen LogP contribution < -0.4 is 5.32 Å². The van der Waals surface area contributed by atoms with Crippen LogP contribution in [0.15, 0.2) is 66.4 Å². The third-order valence-corrected chi connectivity index (χ3v) is 4.67. The van der Waals surface area contributed by atoms with E-state index in [1.54, 1.807) is 37.4 Å². The number of rotatable bonds is 6. The van der Waals surface area contributed by atoms with Gasteiger partial charge < -0.3 is 10.1 Å². The zero-order valence-electron chi connectivity index (χ0n) is 13.9. The van der Waals surface area contributed by atoms with Gasteiger partial charge in [0.1, 0.15) is 0 Å². The fourth-order valence-corrected chi connectivity index (χ4v) is 3.57. The SMILES string of the molecule is CCOC(=O)C(C[N+](=O)[O-])(C1=CNC2C=CC=CC12)c1ccccc1. The van der Waals surface area contributed by atoms with Crippen molar-refractivity contribution >= 4 is 5.97 Å². The summed E-state index contributed by atoms with van der Waals surface area (Å²) < 4.78 is 5.30. The van der Waals surface area contributed by atoms with E-state index in [2.05, 4.69) is 5.32 Å². The van der Waals surface area contributed by atoms with Gasteiger partial charge in [-0.15, -0.1) is 0 Å². The molecule has 0 radical (unpaired) electrons. The first kappa shape index (κ1) is 17.0. The summed E-state index contributed by atoms with van der Waals surface area (Å²) in [6.07, 6.45) is 9.51. The normalized spacial score (nSPS) is 23.2. The molecule has 0 aromatic heterocycles. The number of benzene rings is 1. The average Bonchev–Trinajstić information content (AvgIpc) is 3.05. The molecule has 1 aliphatic carbocycles. The molecule has 6 nitrogen and oxygen atoms in total. The Morgan fingerprint density at radius 1 is 1.28 bits per heavy atom. The van der Waals surface area contributed by atoms with E-state index >= 15 is 0 Å². The zero-order chi connectivity index (χ0) is 17.9. The zero-order valence-corrected chi connectivity index (χ0v) is 13.9. The average molecular weight is 340 g/mol. The molecule has 1 aromatic rings. The molecular weight excluding hydrogens is 320 g/mol. The van der Waals surface area contributed by atoms with E-state index in [4.69, 9.17) is 4.74 Å². The first-order valence-corrected chi connectivity index (χ1v) is 8.25. The molecule has 2 aliphatic rings. The number of esters is 1. The smallest absolute Gasteiger partial charge is 0.327 e. The number of hydrogen-bond donors (Lipinski definition) is 1. The Bertz CT molecular complexity index is 754. The lowest BCUT2D eigenvalue weighted by Crippen LogP contribution is -2.47. The third-order valence-electron chi connectivity index (χ3n) is 4.67. The highest BCUT2D eigenvalue weighted by molar-refractivity contribution is 5.88. The molecule has 25 heavy (non-hydrogen) atoms. The van der Waals surface area contributed by atoms with Crippen LogP contribution >= 0.6 is 0 Å². The van der Waals surface area contributed by atoms with E-state index in [0.29, 0.717) is 11.1 Å². The lowest BCUT2D eigenvalue weighted by atomic mass is 9.68. The first-order chi connectivity index (χ1) is 12.1. The summed E-state index contributed by atoms with van der Waals surface area (Å²) in [5, 5.41) is 14.8. The van der Waals surface area contributed by atoms with Gasteiger partial charge in [-0.1, -0.05) is 54.6 Å². The summed E-state index contributed by atoms with van der Waals surface area (Å²) in [4.78, 5) is 24.1.